The van der Waals surface area contributed by atoms with E-state index in [0.29, 0.717) is 10.8 Å². The second-order valence-corrected chi connectivity index (χ2v) is 3.30. The molecule has 0 bridgehead atoms. The molecule has 0 aliphatic heterocycles. The van der Waals surface area contributed by atoms with Gasteiger partial charge in [0, 0.05) is 11.2 Å². The topological polar surface area (TPSA) is 49.8 Å². The second kappa shape index (κ2) is 4.61. The van der Waals surface area contributed by atoms with Crippen LogP contribution in [0.4, 0.5) is 11.5 Å². The van der Waals surface area contributed by atoms with Crippen molar-refractivity contribution in [2.75, 3.05) is 10.9 Å². The molecular weight excluding hydrogens is 212 g/mol. The first-order valence-electron chi connectivity index (χ1n) is 4.40. The van der Waals surface area contributed by atoms with Gasteiger partial charge in [-0.25, -0.2) is 0 Å². The van der Waals surface area contributed by atoms with Crippen LogP contribution in [0.5, 0.6) is 0 Å². The number of benzene rings is 1. The second-order valence-electron chi connectivity index (χ2n) is 2.87. The Morgan fingerprint density at radius 1 is 1.00 bits per heavy atom. The highest BCUT2D eigenvalue weighted by Gasteiger charge is 1.93. The zero-order valence-corrected chi connectivity index (χ0v) is 8.57. The van der Waals surface area contributed by atoms with Gasteiger partial charge < -0.3 is 0 Å². The molecule has 0 aliphatic rings. The van der Waals surface area contributed by atoms with Gasteiger partial charge in [0.2, 0.25) is 0 Å². The van der Waals surface area contributed by atoms with Crippen molar-refractivity contribution in [3.05, 3.63) is 47.6 Å². The van der Waals surface area contributed by atoms with Crippen LogP contribution in [0.15, 0.2) is 42.6 Å². The highest BCUT2D eigenvalue weighted by atomic mass is 35.5. The average molecular weight is 221 g/mol. The van der Waals surface area contributed by atoms with Crippen LogP contribution in [0.2, 0.25) is 5.02 Å². The van der Waals surface area contributed by atoms with Gasteiger partial charge in [-0.15, -0.1) is 5.10 Å². The van der Waals surface area contributed by atoms with E-state index in [0.717, 1.165) is 5.69 Å². The first kappa shape index (κ1) is 9.73. The van der Waals surface area contributed by atoms with Crippen molar-refractivity contribution in [1.82, 2.24) is 10.2 Å². The smallest absolute Gasteiger partial charge is 0.167 e. The summed E-state index contributed by atoms with van der Waals surface area (Å²) in [6.45, 7) is 0. The highest BCUT2D eigenvalue weighted by Crippen LogP contribution is 2.13. The number of aromatic nitrogens is 2. The number of hydrogen-bond donors (Lipinski definition) is 2. The zero-order chi connectivity index (χ0) is 10.5. The maximum absolute atomic E-state index is 5.76. The molecule has 76 valence electrons. The lowest BCUT2D eigenvalue weighted by Crippen LogP contribution is -2.09. The van der Waals surface area contributed by atoms with E-state index in [1.54, 1.807) is 12.3 Å². The van der Waals surface area contributed by atoms with Crippen LogP contribution in [-0.4, -0.2) is 10.2 Å². The van der Waals surface area contributed by atoms with Gasteiger partial charge in [-0.1, -0.05) is 11.6 Å². The minimum atomic E-state index is 0.660. The van der Waals surface area contributed by atoms with Crippen LogP contribution in [0.1, 0.15) is 0 Å². The van der Waals surface area contributed by atoms with Crippen molar-refractivity contribution in [1.29, 1.82) is 0 Å². The van der Waals surface area contributed by atoms with Crippen molar-refractivity contribution in [2.45, 2.75) is 0 Å². The Kier molecular flexibility index (Phi) is 2.99. The molecule has 1 aromatic carbocycles. The third-order valence-electron chi connectivity index (χ3n) is 1.75. The maximum atomic E-state index is 5.76. The summed E-state index contributed by atoms with van der Waals surface area (Å²) >= 11 is 5.76. The van der Waals surface area contributed by atoms with E-state index < -0.39 is 0 Å². The fourth-order valence-corrected chi connectivity index (χ4v) is 1.16. The largest absolute Gasteiger partial charge is 0.300 e. The van der Waals surface area contributed by atoms with Crippen LogP contribution in [0.25, 0.3) is 0 Å². The molecule has 1 heterocycles. The number of rotatable bonds is 3. The molecule has 0 atom stereocenters. The molecule has 0 aliphatic carbocycles. The predicted octanol–water partition coefficient (Wildman–Crippen LogP) is 2.57. The number of halogens is 1. The normalized spacial score (nSPS) is 9.67. The van der Waals surface area contributed by atoms with Gasteiger partial charge >= 0.3 is 0 Å². The molecular formula is C10H9ClN4. The highest BCUT2D eigenvalue weighted by molar-refractivity contribution is 6.30. The van der Waals surface area contributed by atoms with Crippen LogP contribution < -0.4 is 10.9 Å². The van der Waals surface area contributed by atoms with Crippen molar-refractivity contribution >= 4 is 23.1 Å². The Morgan fingerprint density at radius 2 is 1.80 bits per heavy atom. The predicted molar refractivity (Wildman–Crippen MR) is 60.7 cm³/mol. The molecule has 2 N–H and O–H groups in total. The van der Waals surface area contributed by atoms with Gasteiger partial charge in [0.25, 0.3) is 0 Å². The van der Waals surface area contributed by atoms with Crippen molar-refractivity contribution in [2.24, 2.45) is 0 Å². The molecule has 2 rings (SSSR count). The lowest BCUT2D eigenvalue weighted by Gasteiger charge is -2.07. The molecule has 15 heavy (non-hydrogen) atoms. The first-order valence-corrected chi connectivity index (χ1v) is 4.78. The molecule has 0 saturated carbocycles. The summed E-state index contributed by atoms with van der Waals surface area (Å²) in [5.74, 6) is 0.660. The molecule has 0 fully saturated rings. The summed E-state index contributed by atoms with van der Waals surface area (Å²) < 4.78 is 0. The Labute approximate surface area is 92.3 Å². The minimum absolute atomic E-state index is 0.660. The summed E-state index contributed by atoms with van der Waals surface area (Å²) in [6.07, 6.45) is 1.62. The van der Waals surface area contributed by atoms with Crippen molar-refractivity contribution < 1.29 is 0 Å². The summed E-state index contributed by atoms with van der Waals surface area (Å²) in [4.78, 5) is 0. The van der Waals surface area contributed by atoms with E-state index in [1.807, 2.05) is 30.3 Å². The first-order chi connectivity index (χ1) is 7.34. The average Bonchev–Trinajstić information content (AvgIpc) is 2.30. The Hall–Kier alpha value is -1.81. The summed E-state index contributed by atoms with van der Waals surface area (Å²) in [5.41, 5.74) is 6.80. The molecule has 5 heteroatoms. The van der Waals surface area contributed by atoms with Crippen molar-refractivity contribution in [3.63, 3.8) is 0 Å². The monoisotopic (exact) mass is 220 g/mol. The Bertz CT molecular complexity index is 415. The van der Waals surface area contributed by atoms with E-state index in [4.69, 9.17) is 11.6 Å². The molecule has 0 saturated heterocycles. The van der Waals surface area contributed by atoms with Gasteiger partial charge in [0.1, 0.15) is 0 Å². The zero-order valence-electron chi connectivity index (χ0n) is 7.81. The fourth-order valence-electron chi connectivity index (χ4n) is 1.04. The maximum Gasteiger partial charge on any atom is 0.167 e. The van der Waals surface area contributed by atoms with Crippen molar-refractivity contribution in [3.8, 4) is 0 Å². The van der Waals surface area contributed by atoms with E-state index >= 15 is 0 Å². The van der Waals surface area contributed by atoms with E-state index in [2.05, 4.69) is 21.0 Å². The molecule has 1 aromatic heterocycles. The van der Waals surface area contributed by atoms with Gasteiger partial charge in [0.15, 0.2) is 5.82 Å². The lowest BCUT2D eigenvalue weighted by atomic mass is 10.3. The van der Waals surface area contributed by atoms with Crippen LogP contribution in [0, 0.1) is 0 Å². The number of nitrogens with zero attached hydrogens (tertiary/aromatic N) is 2. The molecule has 0 radical (unpaired) electrons. The molecule has 2 aromatic rings. The molecule has 0 amide bonds. The molecule has 4 nitrogen and oxygen atoms in total. The van der Waals surface area contributed by atoms with Gasteiger partial charge in [-0.3, -0.25) is 10.9 Å². The van der Waals surface area contributed by atoms with Gasteiger partial charge in [-0.05, 0) is 36.4 Å². The molecule has 0 spiro atoms. The lowest BCUT2D eigenvalue weighted by molar-refractivity contribution is 1.03. The summed E-state index contributed by atoms with van der Waals surface area (Å²) in [5, 5.41) is 8.31. The quantitative estimate of drug-likeness (QED) is 0.781. The van der Waals surface area contributed by atoms with E-state index in [1.165, 1.54) is 0 Å². The number of nitrogens with one attached hydrogen (secondary N) is 2. The van der Waals surface area contributed by atoms with Gasteiger partial charge in [0.05, 0.1) is 5.69 Å². The van der Waals surface area contributed by atoms with Gasteiger partial charge in [-0.2, -0.15) is 5.10 Å². The number of anilines is 2. The Morgan fingerprint density at radius 3 is 2.47 bits per heavy atom. The summed E-state index contributed by atoms with van der Waals surface area (Å²) in [7, 11) is 0. The summed E-state index contributed by atoms with van der Waals surface area (Å²) in [6, 6.07) is 11.0. The fraction of sp³-hybridized carbons (Fsp3) is 0. The minimum Gasteiger partial charge on any atom is -0.300 e. The number of hydrazine groups is 1. The van der Waals surface area contributed by atoms with Crippen LogP contribution in [-0.2, 0) is 0 Å². The Balaban J connectivity index is 1.96. The third kappa shape index (κ3) is 2.82. The van der Waals surface area contributed by atoms with Crippen LogP contribution >= 0.6 is 11.6 Å². The SMILES string of the molecule is Clc1ccc(NNc2cccnn2)cc1. The standard InChI is InChI=1S/C10H9ClN4/c11-8-3-5-9(6-4-8)13-15-10-2-1-7-12-14-10/h1-7,13H,(H,14,15). The van der Waals surface area contributed by atoms with E-state index in [-0.39, 0.29) is 0 Å². The third-order valence-corrected chi connectivity index (χ3v) is 2.00. The van der Waals surface area contributed by atoms with E-state index in [9.17, 15) is 0 Å². The number of hydrogen-bond acceptors (Lipinski definition) is 4. The molecule has 0 unspecified atom stereocenters. The van der Waals surface area contributed by atoms with Crippen LogP contribution in [0.3, 0.4) is 0 Å².